The lowest BCUT2D eigenvalue weighted by atomic mass is 9.88. The first-order chi connectivity index (χ1) is 13.0. The Morgan fingerprint density at radius 3 is 2.00 bits per heavy atom. The van der Waals surface area contributed by atoms with E-state index >= 15 is 0 Å². The van der Waals surface area contributed by atoms with Gasteiger partial charge in [0.15, 0.2) is 23.0 Å². The number of nitrogens with zero attached hydrogens (tertiary/aromatic N) is 1. The van der Waals surface area contributed by atoms with Gasteiger partial charge in [0.25, 0.3) is 0 Å². The smallest absolute Gasteiger partial charge is 0.247 e. The summed E-state index contributed by atoms with van der Waals surface area (Å²) in [6.45, 7) is 0. The third-order valence-corrected chi connectivity index (χ3v) is 4.61. The molecule has 0 radical (unpaired) electrons. The zero-order valence-corrected chi connectivity index (χ0v) is 15.6. The fourth-order valence-electron chi connectivity index (χ4n) is 3.25. The molecular formula is C19H22N2O6. The van der Waals surface area contributed by atoms with Crippen molar-refractivity contribution in [3.63, 3.8) is 0 Å². The van der Waals surface area contributed by atoms with Gasteiger partial charge in [-0.2, -0.15) is 0 Å². The van der Waals surface area contributed by atoms with Crippen LogP contribution in [0, 0.1) is 0 Å². The van der Waals surface area contributed by atoms with Crippen molar-refractivity contribution in [3.05, 3.63) is 35.9 Å². The topological polar surface area (TPSA) is 103 Å². The first kappa shape index (κ1) is 18.7. The number of methoxy groups -OCH3 is 4. The van der Waals surface area contributed by atoms with Gasteiger partial charge in [-0.25, -0.2) is 0 Å². The van der Waals surface area contributed by atoms with Crippen molar-refractivity contribution in [2.24, 2.45) is 5.73 Å². The molecule has 2 aromatic rings. The lowest BCUT2D eigenvalue weighted by Crippen LogP contribution is -2.63. The SMILES string of the molecule is COc1ccc([C@H]2[C@@H](N)C(=O)N2c2cc(OC)c(OC)c(OC)c2)cc1O. The monoisotopic (exact) mass is 374 g/mol. The van der Waals surface area contributed by atoms with E-state index in [1.165, 1.54) is 33.3 Å². The summed E-state index contributed by atoms with van der Waals surface area (Å²) < 4.78 is 21.1. The summed E-state index contributed by atoms with van der Waals surface area (Å²) in [5, 5.41) is 10.1. The molecule has 2 aromatic carbocycles. The van der Waals surface area contributed by atoms with Crippen LogP contribution in [0.4, 0.5) is 5.69 Å². The Morgan fingerprint density at radius 2 is 1.52 bits per heavy atom. The summed E-state index contributed by atoms with van der Waals surface area (Å²) in [4.78, 5) is 14.0. The Hall–Kier alpha value is -3.13. The molecule has 0 aromatic heterocycles. The van der Waals surface area contributed by atoms with Gasteiger partial charge >= 0.3 is 0 Å². The molecule has 0 aliphatic carbocycles. The summed E-state index contributed by atoms with van der Waals surface area (Å²) in [5.74, 6) is 1.36. The molecule has 2 atom stereocenters. The van der Waals surface area contributed by atoms with Gasteiger partial charge in [0.05, 0.1) is 40.2 Å². The summed E-state index contributed by atoms with van der Waals surface area (Å²) in [6, 6.07) is 7.13. The van der Waals surface area contributed by atoms with Crippen molar-refractivity contribution in [1.82, 2.24) is 0 Å². The van der Waals surface area contributed by atoms with Crippen molar-refractivity contribution in [2.45, 2.75) is 12.1 Å². The molecule has 1 saturated heterocycles. The summed E-state index contributed by atoms with van der Waals surface area (Å²) in [6.07, 6.45) is 0. The molecule has 0 unspecified atom stereocenters. The number of anilines is 1. The van der Waals surface area contributed by atoms with E-state index < -0.39 is 12.1 Å². The van der Waals surface area contributed by atoms with E-state index in [9.17, 15) is 9.90 Å². The second-order valence-electron chi connectivity index (χ2n) is 5.99. The maximum absolute atomic E-state index is 12.5. The third-order valence-electron chi connectivity index (χ3n) is 4.61. The number of rotatable bonds is 6. The van der Waals surface area contributed by atoms with Gasteiger partial charge in [-0.15, -0.1) is 0 Å². The fraction of sp³-hybridized carbons (Fsp3) is 0.316. The van der Waals surface area contributed by atoms with E-state index in [0.29, 0.717) is 34.2 Å². The second kappa shape index (κ2) is 7.24. The number of β-lactam (4-membered cyclic amide) rings is 1. The Balaban J connectivity index is 2.05. The van der Waals surface area contributed by atoms with Crippen molar-refractivity contribution < 1.29 is 28.8 Å². The number of hydrogen-bond acceptors (Lipinski definition) is 7. The molecule has 8 nitrogen and oxygen atoms in total. The van der Waals surface area contributed by atoms with E-state index in [2.05, 4.69) is 0 Å². The van der Waals surface area contributed by atoms with E-state index in [1.807, 2.05) is 0 Å². The Bertz CT molecular complexity index is 844. The molecule has 1 heterocycles. The van der Waals surface area contributed by atoms with Gasteiger partial charge in [0, 0.05) is 12.1 Å². The molecule has 3 N–H and O–H groups in total. The molecule has 0 bridgehead atoms. The van der Waals surface area contributed by atoms with E-state index in [1.54, 1.807) is 30.3 Å². The normalized spacial score (nSPS) is 18.7. The highest BCUT2D eigenvalue weighted by Crippen LogP contribution is 2.46. The molecular weight excluding hydrogens is 352 g/mol. The number of phenols is 1. The quantitative estimate of drug-likeness (QED) is 0.744. The zero-order valence-electron chi connectivity index (χ0n) is 15.6. The molecule has 1 amide bonds. The largest absolute Gasteiger partial charge is 0.504 e. The van der Waals surface area contributed by atoms with Crippen LogP contribution >= 0.6 is 0 Å². The standard InChI is InChI=1S/C19H22N2O6/c1-24-13-6-5-10(7-12(13)22)17-16(20)19(23)21(17)11-8-14(25-2)18(27-4)15(9-11)26-3/h5-9,16-17,22H,20H2,1-4H3/t16-,17+/m1/s1. The highest BCUT2D eigenvalue weighted by atomic mass is 16.5. The number of phenolic OH excluding ortho intramolecular Hbond substituents is 1. The van der Waals surface area contributed by atoms with Crippen LogP contribution in [-0.2, 0) is 4.79 Å². The highest BCUT2D eigenvalue weighted by Gasteiger charge is 2.47. The van der Waals surface area contributed by atoms with Crippen LogP contribution in [0.3, 0.4) is 0 Å². The van der Waals surface area contributed by atoms with E-state index in [-0.39, 0.29) is 11.7 Å². The van der Waals surface area contributed by atoms with Crippen LogP contribution < -0.4 is 29.6 Å². The van der Waals surface area contributed by atoms with Gasteiger partial charge < -0.3 is 34.7 Å². The van der Waals surface area contributed by atoms with E-state index in [0.717, 1.165) is 0 Å². The summed E-state index contributed by atoms with van der Waals surface area (Å²) in [5.41, 5.74) is 7.29. The van der Waals surface area contributed by atoms with Gasteiger partial charge in [-0.3, -0.25) is 4.79 Å². The van der Waals surface area contributed by atoms with Crippen molar-refractivity contribution >= 4 is 11.6 Å². The average molecular weight is 374 g/mol. The van der Waals surface area contributed by atoms with Gasteiger partial charge in [0.2, 0.25) is 11.7 Å². The van der Waals surface area contributed by atoms with Gasteiger partial charge in [-0.05, 0) is 17.7 Å². The number of amides is 1. The second-order valence-corrected chi connectivity index (χ2v) is 5.99. The number of nitrogens with two attached hydrogens (primary N) is 1. The first-order valence-corrected chi connectivity index (χ1v) is 8.22. The number of ether oxygens (including phenoxy) is 4. The van der Waals surface area contributed by atoms with Crippen molar-refractivity contribution in [2.75, 3.05) is 33.3 Å². The molecule has 1 aliphatic rings. The third kappa shape index (κ3) is 2.97. The van der Waals surface area contributed by atoms with Crippen molar-refractivity contribution in [3.8, 4) is 28.7 Å². The highest BCUT2D eigenvalue weighted by molar-refractivity contribution is 6.06. The predicted molar refractivity (Wildman–Crippen MR) is 99.0 cm³/mol. The van der Waals surface area contributed by atoms with Crippen LogP contribution in [0.15, 0.2) is 30.3 Å². The molecule has 3 rings (SSSR count). The lowest BCUT2D eigenvalue weighted by molar-refractivity contribution is -0.126. The van der Waals surface area contributed by atoms with Crippen LogP contribution in [0.5, 0.6) is 28.7 Å². The fourth-order valence-corrected chi connectivity index (χ4v) is 3.25. The maximum Gasteiger partial charge on any atom is 0.247 e. The Morgan fingerprint density at radius 1 is 0.926 bits per heavy atom. The van der Waals surface area contributed by atoms with Crippen LogP contribution in [0.1, 0.15) is 11.6 Å². The lowest BCUT2D eigenvalue weighted by Gasteiger charge is -2.45. The predicted octanol–water partition coefficient (Wildman–Crippen LogP) is 1.84. The molecule has 0 spiro atoms. The minimum absolute atomic E-state index is 0.0219. The van der Waals surface area contributed by atoms with Crippen LogP contribution in [0.25, 0.3) is 0 Å². The van der Waals surface area contributed by atoms with Crippen molar-refractivity contribution in [1.29, 1.82) is 0 Å². The number of aromatic hydroxyl groups is 1. The van der Waals surface area contributed by atoms with Gasteiger partial charge in [-0.1, -0.05) is 6.07 Å². The Labute approximate surface area is 157 Å². The number of benzene rings is 2. The molecule has 0 saturated carbocycles. The molecule has 144 valence electrons. The number of carbonyl (C=O) groups is 1. The van der Waals surface area contributed by atoms with Gasteiger partial charge in [0.1, 0.15) is 6.04 Å². The summed E-state index contributed by atoms with van der Waals surface area (Å²) in [7, 11) is 5.98. The molecule has 1 aliphatic heterocycles. The number of hydrogen-bond donors (Lipinski definition) is 2. The zero-order chi connectivity index (χ0) is 19.7. The molecule has 8 heteroatoms. The van der Waals surface area contributed by atoms with Crippen LogP contribution in [0.2, 0.25) is 0 Å². The summed E-state index contributed by atoms with van der Waals surface area (Å²) >= 11 is 0. The van der Waals surface area contributed by atoms with E-state index in [4.69, 9.17) is 24.7 Å². The molecule has 27 heavy (non-hydrogen) atoms. The molecule has 1 fully saturated rings. The number of carbonyl (C=O) groups excluding carboxylic acids is 1. The average Bonchev–Trinajstić information content (AvgIpc) is 2.69. The van der Waals surface area contributed by atoms with Crippen LogP contribution in [-0.4, -0.2) is 45.5 Å². The Kier molecular flexibility index (Phi) is 5.00. The maximum atomic E-state index is 12.5. The minimum Gasteiger partial charge on any atom is -0.504 e. The first-order valence-electron chi connectivity index (χ1n) is 8.22. The minimum atomic E-state index is -0.725.